The molecule has 7 heteroatoms. The van der Waals surface area contributed by atoms with Crippen molar-refractivity contribution in [2.24, 2.45) is 5.10 Å². The largest absolute Gasteiger partial charge is 0.550 e. The van der Waals surface area contributed by atoms with Crippen molar-refractivity contribution in [3.8, 4) is 11.3 Å². The average molecular weight is 337 g/mol. The number of nitrogens with zero attached hydrogens (tertiary/aromatic N) is 3. The number of carbonyl (C=O) groups excluding carboxylic acids is 1. The minimum Gasteiger partial charge on any atom is -0.550 e. The lowest BCUT2D eigenvalue weighted by Gasteiger charge is -2.02. The van der Waals surface area contributed by atoms with Gasteiger partial charge in [0.1, 0.15) is 0 Å². The average Bonchev–Trinajstić information content (AvgIpc) is 2.98. The quantitative estimate of drug-likeness (QED) is 0.548. The van der Waals surface area contributed by atoms with Gasteiger partial charge in [-0.15, -0.1) is 0 Å². The summed E-state index contributed by atoms with van der Waals surface area (Å²) in [4.78, 5) is 20.0. The molecule has 0 aliphatic carbocycles. The van der Waals surface area contributed by atoms with E-state index in [0.717, 1.165) is 11.1 Å². The van der Waals surface area contributed by atoms with E-state index in [1.165, 1.54) is 11.3 Å². The molecule has 2 heterocycles. The van der Waals surface area contributed by atoms with E-state index in [1.807, 2.05) is 42.5 Å². The summed E-state index contributed by atoms with van der Waals surface area (Å²) >= 11 is 1.25. The molecule has 0 spiro atoms. The Morgan fingerprint density at radius 3 is 2.67 bits per heavy atom. The second-order valence-corrected chi connectivity index (χ2v) is 5.94. The summed E-state index contributed by atoms with van der Waals surface area (Å²) in [6.45, 7) is 0. The minimum absolute atomic E-state index is 0.183. The first-order valence-corrected chi connectivity index (χ1v) is 7.98. The van der Waals surface area contributed by atoms with E-state index in [4.69, 9.17) is 0 Å². The van der Waals surface area contributed by atoms with Gasteiger partial charge in [0.05, 0.1) is 11.9 Å². The molecule has 3 rings (SSSR count). The van der Waals surface area contributed by atoms with Crippen LogP contribution in [0.5, 0.6) is 0 Å². The zero-order chi connectivity index (χ0) is 16.8. The van der Waals surface area contributed by atoms with Crippen LogP contribution in [-0.4, -0.2) is 22.2 Å². The number of aliphatic carboxylic acids is 1. The second kappa shape index (κ2) is 7.47. The van der Waals surface area contributed by atoms with Gasteiger partial charge in [-0.1, -0.05) is 41.7 Å². The summed E-state index contributed by atoms with van der Waals surface area (Å²) < 4.78 is 0. The molecular formula is C17H13N4O2S-. The number of carboxylic acids is 1. The second-order valence-electron chi connectivity index (χ2n) is 4.86. The van der Waals surface area contributed by atoms with Crippen molar-refractivity contribution in [2.75, 3.05) is 5.43 Å². The summed E-state index contributed by atoms with van der Waals surface area (Å²) in [5, 5.41) is 15.6. The van der Waals surface area contributed by atoms with Crippen molar-refractivity contribution >= 4 is 28.7 Å². The third-order valence-electron chi connectivity index (χ3n) is 3.13. The van der Waals surface area contributed by atoms with Gasteiger partial charge in [-0.05, 0) is 17.7 Å². The number of hydrazone groups is 1. The number of carboxylic acid groups (broad SMARTS) is 1. The minimum atomic E-state index is -1.14. The van der Waals surface area contributed by atoms with Crippen LogP contribution in [0.2, 0.25) is 0 Å². The third-order valence-corrected chi connectivity index (χ3v) is 4.09. The molecule has 24 heavy (non-hydrogen) atoms. The topological polar surface area (TPSA) is 90.3 Å². The molecule has 0 radical (unpaired) electrons. The zero-order valence-electron chi connectivity index (χ0n) is 12.5. The van der Waals surface area contributed by atoms with Gasteiger partial charge in [0.15, 0.2) is 0 Å². The molecule has 0 aliphatic rings. The molecule has 0 aliphatic heterocycles. The van der Waals surface area contributed by atoms with Gasteiger partial charge in [0, 0.05) is 35.2 Å². The van der Waals surface area contributed by atoms with Crippen molar-refractivity contribution in [1.29, 1.82) is 0 Å². The number of hydrogen-bond donors (Lipinski definition) is 1. The summed E-state index contributed by atoms with van der Waals surface area (Å²) in [7, 11) is 0. The Balaban J connectivity index is 1.82. The molecule has 0 bridgehead atoms. The predicted octanol–water partition coefficient (Wildman–Crippen LogP) is 1.94. The maximum absolute atomic E-state index is 11.0. The fourth-order valence-electron chi connectivity index (χ4n) is 2.08. The van der Waals surface area contributed by atoms with Gasteiger partial charge in [-0.2, -0.15) is 5.10 Å². The predicted molar refractivity (Wildman–Crippen MR) is 91.7 cm³/mol. The summed E-state index contributed by atoms with van der Waals surface area (Å²) in [5.74, 6) is -1.14. The zero-order valence-corrected chi connectivity index (χ0v) is 13.4. The number of rotatable bonds is 6. The Hall–Kier alpha value is -3.06. The first-order valence-electron chi connectivity index (χ1n) is 7.16. The third kappa shape index (κ3) is 4.02. The number of hydrogen-bond acceptors (Lipinski definition) is 7. The van der Waals surface area contributed by atoms with Crippen LogP contribution in [-0.2, 0) is 11.2 Å². The summed E-state index contributed by atoms with van der Waals surface area (Å²) in [6.07, 6.45) is 4.81. The first kappa shape index (κ1) is 15.8. The van der Waals surface area contributed by atoms with Gasteiger partial charge in [0.25, 0.3) is 0 Å². The van der Waals surface area contributed by atoms with Gasteiger partial charge in [-0.3, -0.25) is 10.4 Å². The molecule has 0 saturated carbocycles. The molecule has 6 nitrogen and oxygen atoms in total. The number of anilines is 1. The normalized spacial score (nSPS) is 10.8. The van der Waals surface area contributed by atoms with Crippen molar-refractivity contribution in [2.45, 2.75) is 6.42 Å². The Labute approximate surface area is 142 Å². The van der Waals surface area contributed by atoms with E-state index in [0.29, 0.717) is 15.7 Å². The number of thiazole rings is 1. The number of benzene rings is 1. The molecule has 0 saturated heterocycles. The molecule has 0 fully saturated rings. The van der Waals surface area contributed by atoms with Gasteiger partial charge in [0.2, 0.25) is 5.13 Å². The Kier molecular flexibility index (Phi) is 4.93. The van der Waals surface area contributed by atoms with Crippen LogP contribution < -0.4 is 10.5 Å². The lowest BCUT2D eigenvalue weighted by molar-refractivity contribution is -0.304. The molecule has 2 aromatic heterocycles. The van der Waals surface area contributed by atoms with E-state index < -0.39 is 5.97 Å². The summed E-state index contributed by atoms with van der Waals surface area (Å²) in [6, 6.07) is 13.1. The molecule has 0 atom stereocenters. The van der Waals surface area contributed by atoms with E-state index in [2.05, 4.69) is 20.5 Å². The number of aromatic nitrogens is 2. The van der Waals surface area contributed by atoms with Crippen molar-refractivity contribution in [3.63, 3.8) is 0 Å². The highest BCUT2D eigenvalue weighted by Gasteiger charge is 2.13. The Morgan fingerprint density at radius 1 is 1.21 bits per heavy atom. The van der Waals surface area contributed by atoms with Crippen molar-refractivity contribution < 1.29 is 9.90 Å². The van der Waals surface area contributed by atoms with Gasteiger partial charge >= 0.3 is 0 Å². The van der Waals surface area contributed by atoms with Crippen LogP contribution in [0.15, 0.2) is 60.0 Å². The van der Waals surface area contributed by atoms with Crippen LogP contribution >= 0.6 is 11.3 Å². The maximum atomic E-state index is 11.0. The summed E-state index contributed by atoms with van der Waals surface area (Å²) in [5.41, 5.74) is 5.22. The molecular weight excluding hydrogens is 324 g/mol. The lowest BCUT2D eigenvalue weighted by Crippen LogP contribution is -2.24. The fraction of sp³-hybridized carbons (Fsp3) is 0.0588. The van der Waals surface area contributed by atoms with E-state index >= 15 is 0 Å². The van der Waals surface area contributed by atoms with E-state index in [-0.39, 0.29) is 6.42 Å². The van der Waals surface area contributed by atoms with Crippen LogP contribution in [0.1, 0.15) is 10.4 Å². The highest BCUT2D eigenvalue weighted by Crippen LogP contribution is 2.31. The van der Waals surface area contributed by atoms with Crippen LogP contribution in [0.25, 0.3) is 11.3 Å². The molecule has 120 valence electrons. The highest BCUT2D eigenvalue weighted by molar-refractivity contribution is 7.16. The standard InChI is InChI=1S/C17H14N4O2S/c22-15(23)10-14-16(13-4-2-1-3-5-13)20-17(24-14)21-19-11-12-6-8-18-9-7-12/h1-9,11H,10H2,(H,20,21)(H,22,23)/p-1. The van der Waals surface area contributed by atoms with Crippen LogP contribution in [0, 0.1) is 0 Å². The fourth-order valence-corrected chi connectivity index (χ4v) is 3.00. The molecule has 0 amide bonds. The van der Waals surface area contributed by atoms with Crippen molar-refractivity contribution in [3.05, 3.63) is 65.3 Å². The molecule has 1 N–H and O–H groups in total. The Bertz CT molecular complexity index is 848. The monoisotopic (exact) mass is 337 g/mol. The van der Waals surface area contributed by atoms with Crippen LogP contribution in [0.3, 0.4) is 0 Å². The van der Waals surface area contributed by atoms with Gasteiger partial charge < -0.3 is 9.90 Å². The van der Waals surface area contributed by atoms with E-state index in [1.54, 1.807) is 18.6 Å². The number of nitrogens with one attached hydrogen (secondary N) is 1. The van der Waals surface area contributed by atoms with E-state index in [9.17, 15) is 9.90 Å². The highest BCUT2D eigenvalue weighted by atomic mass is 32.1. The maximum Gasteiger partial charge on any atom is 0.204 e. The number of pyridine rings is 1. The Morgan fingerprint density at radius 2 is 1.96 bits per heavy atom. The smallest absolute Gasteiger partial charge is 0.204 e. The lowest BCUT2D eigenvalue weighted by atomic mass is 10.1. The number of carbonyl (C=O) groups is 1. The van der Waals surface area contributed by atoms with Crippen LogP contribution in [0.4, 0.5) is 5.13 Å². The van der Waals surface area contributed by atoms with Crippen molar-refractivity contribution in [1.82, 2.24) is 9.97 Å². The van der Waals surface area contributed by atoms with Gasteiger partial charge in [-0.25, -0.2) is 4.98 Å². The molecule has 3 aromatic rings. The molecule has 0 unspecified atom stereocenters. The SMILES string of the molecule is O=C([O-])Cc1sc(NN=Cc2ccncc2)nc1-c1ccccc1. The molecule has 1 aromatic carbocycles. The first-order chi connectivity index (χ1) is 11.7.